The van der Waals surface area contributed by atoms with Crippen LogP contribution in [0.15, 0.2) is 60.7 Å². The first-order chi connectivity index (χ1) is 11.3. The van der Waals surface area contributed by atoms with E-state index < -0.39 is 0 Å². The molecule has 0 amide bonds. The number of nitrogens with zero attached hydrogens (tertiary/aromatic N) is 4. The Balaban J connectivity index is 1.97. The molecule has 0 saturated heterocycles. The quantitative estimate of drug-likeness (QED) is 0.633. The highest BCUT2D eigenvalue weighted by molar-refractivity contribution is 5.93. The highest BCUT2D eigenvalue weighted by Gasteiger charge is 2.16. The second kappa shape index (κ2) is 5.37. The zero-order valence-corrected chi connectivity index (χ0v) is 12.7. The van der Waals surface area contributed by atoms with E-state index in [1.54, 1.807) is 4.68 Å². The van der Waals surface area contributed by atoms with Gasteiger partial charge >= 0.3 is 0 Å². The Morgan fingerprint density at radius 2 is 1.70 bits per heavy atom. The van der Waals surface area contributed by atoms with Crippen LogP contribution in [0, 0.1) is 0 Å². The summed E-state index contributed by atoms with van der Waals surface area (Å²) in [6, 6.07) is 20.0. The molecule has 0 aliphatic carbocycles. The van der Waals surface area contributed by atoms with Crippen LogP contribution in [0.25, 0.3) is 28.0 Å². The highest BCUT2D eigenvalue weighted by Crippen LogP contribution is 2.29. The van der Waals surface area contributed by atoms with Gasteiger partial charge in [0.15, 0.2) is 0 Å². The summed E-state index contributed by atoms with van der Waals surface area (Å²) in [5, 5.41) is 19.7. The van der Waals surface area contributed by atoms with Crippen LogP contribution in [0.4, 0.5) is 0 Å². The Hall–Kier alpha value is -2.92. The van der Waals surface area contributed by atoms with Crippen molar-refractivity contribution in [3.8, 4) is 17.1 Å². The highest BCUT2D eigenvalue weighted by atomic mass is 16.3. The van der Waals surface area contributed by atoms with E-state index in [1.165, 1.54) is 0 Å². The zero-order chi connectivity index (χ0) is 15.8. The Morgan fingerprint density at radius 3 is 2.43 bits per heavy atom. The number of hydrogen-bond donors (Lipinski definition) is 1. The fourth-order valence-electron chi connectivity index (χ4n) is 2.79. The van der Waals surface area contributed by atoms with Crippen LogP contribution in [0.3, 0.4) is 0 Å². The van der Waals surface area contributed by atoms with E-state index in [0.29, 0.717) is 0 Å². The molecule has 2 aromatic heterocycles. The summed E-state index contributed by atoms with van der Waals surface area (Å²) in [5.74, 6) is 0. The molecule has 5 heteroatoms. The number of fused-ring (bicyclic) bond motifs is 1. The van der Waals surface area contributed by atoms with Crippen LogP contribution in [0.5, 0.6) is 0 Å². The first kappa shape index (κ1) is 13.7. The van der Waals surface area contributed by atoms with Crippen LogP contribution in [-0.2, 0) is 13.7 Å². The Bertz CT molecular complexity index is 969. The molecule has 5 nitrogen and oxygen atoms in total. The lowest BCUT2D eigenvalue weighted by molar-refractivity contribution is 0.270. The lowest BCUT2D eigenvalue weighted by Crippen LogP contribution is -1.97. The number of rotatable bonds is 3. The molecule has 2 heterocycles. The number of aliphatic hydroxyl groups is 1. The number of benzene rings is 2. The zero-order valence-electron chi connectivity index (χ0n) is 12.7. The van der Waals surface area contributed by atoms with E-state index in [2.05, 4.69) is 11.2 Å². The van der Waals surface area contributed by atoms with Gasteiger partial charge < -0.3 is 5.11 Å². The van der Waals surface area contributed by atoms with E-state index >= 15 is 0 Å². The number of aryl methyl sites for hydroxylation is 1. The molecular formula is C18H16N4O. The summed E-state index contributed by atoms with van der Waals surface area (Å²) in [6.45, 7) is -0.0408. The third kappa shape index (κ3) is 2.22. The van der Waals surface area contributed by atoms with Gasteiger partial charge in [0.1, 0.15) is 11.4 Å². The van der Waals surface area contributed by atoms with Crippen LogP contribution < -0.4 is 0 Å². The SMILES string of the molecule is Cn1nc(-c2nn(-c3ccccc3)c3ccccc23)cc1CO. The predicted octanol–water partition coefficient (Wildman–Crippen LogP) is 2.92. The monoisotopic (exact) mass is 304 g/mol. The topological polar surface area (TPSA) is 55.9 Å². The summed E-state index contributed by atoms with van der Waals surface area (Å²) in [6.07, 6.45) is 0. The summed E-state index contributed by atoms with van der Waals surface area (Å²) < 4.78 is 3.61. The molecule has 4 rings (SSSR count). The van der Waals surface area contributed by atoms with Crippen molar-refractivity contribution >= 4 is 10.9 Å². The molecule has 4 aromatic rings. The van der Waals surface area contributed by atoms with Gasteiger partial charge in [0.2, 0.25) is 0 Å². The molecule has 0 saturated carbocycles. The molecule has 0 bridgehead atoms. The van der Waals surface area contributed by atoms with Gasteiger partial charge in [0, 0.05) is 12.4 Å². The van der Waals surface area contributed by atoms with Gasteiger partial charge in [-0.25, -0.2) is 4.68 Å². The lowest BCUT2D eigenvalue weighted by atomic mass is 10.1. The second-order valence-corrected chi connectivity index (χ2v) is 5.42. The fourth-order valence-corrected chi connectivity index (χ4v) is 2.79. The van der Waals surface area contributed by atoms with Gasteiger partial charge in [-0.1, -0.05) is 36.4 Å². The molecule has 114 valence electrons. The third-order valence-electron chi connectivity index (χ3n) is 3.97. The molecule has 0 spiro atoms. The Morgan fingerprint density at radius 1 is 0.957 bits per heavy atom. The van der Waals surface area contributed by atoms with E-state index in [9.17, 15) is 5.11 Å². The molecule has 0 aliphatic rings. The predicted molar refractivity (Wildman–Crippen MR) is 89.2 cm³/mol. The van der Waals surface area contributed by atoms with Crippen LogP contribution in [0.1, 0.15) is 5.69 Å². The minimum absolute atomic E-state index is 0.0408. The maximum atomic E-state index is 9.39. The van der Waals surface area contributed by atoms with Crippen molar-refractivity contribution in [2.45, 2.75) is 6.61 Å². The van der Waals surface area contributed by atoms with Crippen molar-refractivity contribution in [2.75, 3.05) is 0 Å². The third-order valence-corrected chi connectivity index (χ3v) is 3.97. The number of hydrogen-bond acceptors (Lipinski definition) is 3. The van der Waals surface area contributed by atoms with Crippen molar-refractivity contribution in [1.82, 2.24) is 19.6 Å². The van der Waals surface area contributed by atoms with Crippen LogP contribution in [0.2, 0.25) is 0 Å². The van der Waals surface area contributed by atoms with E-state index in [-0.39, 0.29) is 6.61 Å². The molecule has 1 N–H and O–H groups in total. The first-order valence-electron chi connectivity index (χ1n) is 7.45. The molecule has 0 unspecified atom stereocenters. The molecule has 0 radical (unpaired) electrons. The van der Waals surface area contributed by atoms with Gasteiger partial charge in [-0.15, -0.1) is 0 Å². The van der Waals surface area contributed by atoms with E-state index in [1.807, 2.05) is 66.3 Å². The van der Waals surface area contributed by atoms with Crippen molar-refractivity contribution in [3.05, 3.63) is 66.4 Å². The minimum atomic E-state index is -0.0408. The summed E-state index contributed by atoms with van der Waals surface area (Å²) in [5.41, 5.74) is 4.39. The summed E-state index contributed by atoms with van der Waals surface area (Å²) >= 11 is 0. The van der Waals surface area contributed by atoms with Gasteiger partial charge in [-0.2, -0.15) is 10.2 Å². The maximum absolute atomic E-state index is 9.39. The number of aliphatic hydroxyl groups excluding tert-OH is 1. The minimum Gasteiger partial charge on any atom is -0.390 e. The average molecular weight is 304 g/mol. The average Bonchev–Trinajstić information content (AvgIpc) is 3.16. The fraction of sp³-hybridized carbons (Fsp3) is 0.111. The standard InChI is InChI=1S/C18H16N4O/c1-21-14(12-23)11-16(19-21)18-15-9-5-6-10-17(15)22(20-18)13-7-3-2-4-8-13/h2-11,23H,12H2,1H3. The van der Waals surface area contributed by atoms with Crippen molar-refractivity contribution in [3.63, 3.8) is 0 Å². The number of para-hydroxylation sites is 2. The van der Waals surface area contributed by atoms with Crippen LogP contribution in [-0.4, -0.2) is 24.7 Å². The molecule has 23 heavy (non-hydrogen) atoms. The molecule has 0 fully saturated rings. The van der Waals surface area contributed by atoms with Gasteiger partial charge in [0.25, 0.3) is 0 Å². The first-order valence-corrected chi connectivity index (χ1v) is 7.45. The lowest BCUT2D eigenvalue weighted by Gasteiger charge is -2.01. The van der Waals surface area contributed by atoms with Crippen molar-refractivity contribution in [1.29, 1.82) is 0 Å². The number of aromatic nitrogens is 4. The van der Waals surface area contributed by atoms with Crippen molar-refractivity contribution < 1.29 is 5.11 Å². The molecular weight excluding hydrogens is 288 g/mol. The van der Waals surface area contributed by atoms with Gasteiger partial charge in [-0.05, 0) is 24.3 Å². The summed E-state index contributed by atoms with van der Waals surface area (Å²) in [7, 11) is 1.82. The summed E-state index contributed by atoms with van der Waals surface area (Å²) in [4.78, 5) is 0. The molecule has 2 aromatic carbocycles. The van der Waals surface area contributed by atoms with E-state index in [4.69, 9.17) is 5.10 Å². The second-order valence-electron chi connectivity index (χ2n) is 5.42. The van der Waals surface area contributed by atoms with Crippen LogP contribution >= 0.6 is 0 Å². The van der Waals surface area contributed by atoms with Gasteiger partial charge in [0.05, 0.1) is 23.5 Å². The smallest absolute Gasteiger partial charge is 0.121 e. The maximum Gasteiger partial charge on any atom is 0.121 e. The Labute approximate surface area is 133 Å². The van der Waals surface area contributed by atoms with E-state index in [0.717, 1.165) is 33.7 Å². The molecule has 0 aliphatic heterocycles. The molecule has 0 atom stereocenters. The van der Waals surface area contributed by atoms with Gasteiger partial charge in [-0.3, -0.25) is 4.68 Å². The normalized spacial score (nSPS) is 11.2. The Kier molecular flexibility index (Phi) is 3.20. The van der Waals surface area contributed by atoms with Crippen molar-refractivity contribution in [2.24, 2.45) is 7.05 Å². The largest absolute Gasteiger partial charge is 0.390 e.